The van der Waals surface area contributed by atoms with Crippen LogP contribution in [0.3, 0.4) is 0 Å². The summed E-state index contributed by atoms with van der Waals surface area (Å²) in [6.45, 7) is 6.02. The zero-order valence-electron chi connectivity index (χ0n) is 11.6. The SMILES string of the molecule is CC(C)CCCC(C)NS(=O)(=O)c1ncccc1F. The van der Waals surface area contributed by atoms with Crippen molar-refractivity contribution in [1.29, 1.82) is 0 Å². The molecule has 4 nitrogen and oxygen atoms in total. The second-order valence-electron chi connectivity index (χ2n) is 5.14. The van der Waals surface area contributed by atoms with Crippen molar-refractivity contribution in [1.82, 2.24) is 9.71 Å². The van der Waals surface area contributed by atoms with Crippen LogP contribution in [0.15, 0.2) is 23.4 Å². The molecule has 19 heavy (non-hydrogen) atoms. The first kappa shape index (κ1) is 16.0. The van der Waals surface area contributed by atoms with E-state index in [2.05, 4.69) is 23.6 Å². The number of nitrogens with one attached hydrogen (secondary N) is 1. The van der Waals surface area contributed by atoms with Crippen LogP contribution in [-0.4, -0.2) is 19.4 Å². The minimum Gasteiger partial charge on any atom is -0.241 e. The van der Waals surface area contributed by atoms with Crippen LogP contribution in [0.5, 0.6) is 0 Å². The Hall–Kier alpha value is -1.01. The average molecular weight is 288 g/mol. The molecule has 0 spiro atoms. The fourth-order valence-corrected chi connectivity index (χ4v) is 3.06. The van der Waals surface area contributed by atoms with Crippen molar-refractivity contribution in [2.24, 2.45) is 5.92 Å². The smallest absolute Gasteiger partial charge is 0.241 e. The van der Waals surface area contributed by atoms with Crippen LogP contribution in [0.25, 0.3) is 0 Å². The molecule has 0 amide bonds. The van der Waals surface area contributed by atoms with Crippen molar-refractivity contribution in [3.8, 4) is 0 Å². The van der Waals surface area contributed by atoms with E-state index < -0.39 is 20.9 Å². The lowest BCUT2D eigenvalue weighted by Crippen LogP contribution is -2.33. The van der Waals surface area contributed by atoms with E-state index in [1.807, 2.05) is 0 Å². The lowest BCUT2D eigenvalue weighted by Gasteiger charge is -2.14. The van der Waals surface area contributed by atoms with E-state index in [4.69, 9.17) is 0 Å². The van der Waals surface area contributed by atoms with Gasteiger partial charge < -0.3 is 0 Å². The van der Waals surface area contributed by atoms with Gasteiger partial charge in [0.25, 0.3) is 10.0 Å². The molecule has 0 radical (unpaired) electrons. The first-order valence-corrected chi connectivity index (χ1v) is 7.94. The standard InChI is InChI=1S/C13H21FN2O2S/c1-10(2)6-4-7-11(3)16-19(17,18)13-12(14)8-5-9-15-13/h5,8-11,16H,4,6-7H2,1-3H3. The number of sulfonamides is 1. The molecule has 0 aliphatic carbocycles. The monoisotopic (exact) mass is 288 g/mol. The molecule has 0 aromatic carbocycles. The fourth-order valence-electron chi connectivity index (χ4n) is 1.78. The van der Waals surface area contributed by atoms with Gasteiger partial charge in [-0.2, -0.15) is 0 Å². The Morgan fingerprint density at radius 3 is 2.58 bits per heavy atom. The number of nitrogens with zero attached hydrogens (tertiary/aromatic N) is 1. The van der Waals surface area contributed by atoms with Gasteiger partial charge in [0.15, 0.2) is 5.82 Å². The van der Waals surface area contributed by atoms with E-state index in [1.165, 1.54) is 12.3 Å². The summed E-state index contributed by atoms with van der Waals surface area (Å²) in [5, 5.41) is -0.536. The molecule has 0 bridgehead atoms. The predicted molar refractivity (Wildman–Crippen MR) is 72.7 cm³/mol. The van der Waals surface area contributed by atoms with Gasteiger partial charge in [-0.25, -0.2) is 22.5 Å². The van der Waals surface area contributed by atoms with Gasteiger partial charge in [0.2, 0.25) is 5.03 Å². The Bertz CT molecular complexity index is 503. The summed E-state index contributed by atoms with van der Waals surface area (Å²) in [7, 11) is -3.88. The number of hydrogen-bond donors (Lipinski definition) is 1. The lowest BCUT2D eigenvalue weighted by atomic mass is 10.0. The van der Waals surface area contributed by atoms with E-state index >= 15 is 0 Å². The van der Waals surface area contributed by atoms with Crippen LogP contribution < -0.4 is 4.72 Å². The van der Waals surface area contributed by atoms with Crippen molar-refractivity contribution in [2.75, 3.05) is 0 Å². The lowest BCUT2D eigenvalue weighted by molar-refractivity contribution is 0.484. The third-order valence-corrected chi connectivity index (χ3v) is 4.28. The molecule has 1 unspecified atom stereocenters. The van der Waals surface area contributed by atoms with Gasteiger partial charge in [0.05, 0.1) is 0 Å². The maximum absolute atomic E-state index is 13.4. The third-order valence-electron chi connectivity index (χ3n) is 2.75. The highest BCUT2D eigenvalue weighted by molar-refractivity contribution is 7.89. The van der Waals surface area contributed by atoms with Crippen molar-refractivity contribution in [3.05, 3.63) is 24.1 Å². The maximum Gasteiger partial charge on any atom is 0.261 e. The van der Waals surface area contributed by atoms with Gasteiger partial charge in [0.1, 0.15) is 0 Å². The zero-order valence-corrected chi connectivity index (χ0v) is 12.4. The van der Waals surface area contributed by atoms with Crippen molar-refractivity contribution >= 4 is 10.0 Å². The van der Waals surface area contributed by atoms with E-state index in [0.29, 0.717) is 5.92 Å². The summed E-state index contributed by atoms with van der Waals surface area (Å²) in [5.74, 6) is -0.235. The van der Waals surface area contributed by atoms with E-state index in [0.717, 1.165) is 25.3 Å². The molecule has 1 aromatic rings. The number of rotatable bonds is 7. The molecule has 1 N–H and O–H groups in total. The molecule has 0 saturated heterocycles. The predicted octanol–water partition coefficient (Wildman–Crippen LogP) is 2.71. The minimum atomic E-state index is -3.88. The Morgan fingerprint density at radius 1 is 1.32 bits per heavy atom. The van der Waals surface area contributed by atoms with Crippen LogP contribution >= 0.6 is 0 Å². The number of pyridine rings is 1. The summed E-state index contributed by atoms with van der Waals surface area (Å²) < 4.78 is 39.8. The minimum absolute atomic E-state index is 0.231. The van der Waals surface area contributed by atoms with Crippen molar-refractivity contribution < 1.29 is 12.8 Å². The Balaban J connectivity index is 2.63. The molecular weight excluding hydrogens is 267 g/mol. The third kappa shape index (κ3) is 5.24. The molecule has 0 fully saturated rings. The summed E-state index contributed by atoms with van der Waals surface area (Å²) >= 11 is 0. The number of hydrogen-bond acceptors (Lipinski definition) is 3. The van der Waals surface area contributed by atoms with Crippen LogP contribution in [0, 0.1) is 11.7 Å². The molecule has 1 atom stereocenters. The summed E-state index contributed by atoms with van der Waals surface area (Å²) in [5.41, 5.74) is 0. The molecule has 0 saturated carbocycles. The van der Waals surface area contributed by atoms with Gasteiger partial charge in [-0.15, -0.1) is 0 Å². The van der Waals surface area contributed by atoms with Gasteiger partial charge in [-0.05, 0) is 31.4 Å². The molecule has 6 heteroatoms. The first-order chi connectivity index (χ1) is 8.83. The Morgan fingerprint density at radius 2 is 2.00 bits per heavy atom. The topological polar surface area (TPSA) is 59.1 Å². The average Bonchev–Trinajstić information content (AvgIpc) is 2.27. The first-order valence-electron chi connectivity index (χ1n) is 6.45. The van der Waals surface area contributed by atoms with E-state index in [1.54, 1.807) is 6.92 Å². The fraction of sp³-hybridized carbons (Fsp3) is 0.615. The number of aromatic nitrogens is 1. The molecule has 0 aliphatic heterocycles. The summed E-state index contributed by atoms with van der Waals surface area (Å²) in [6, 6.07) is 2.22. The number of halogens is 1. The van der Waals surface area contributed by atoms with Crippen LogP contribution in [0.1, 0.15) is 40.0 Å². The van der Waals surface area contributed by atoms with Gasteiger partial charge in [-0.3, -0.25) is 0 Å². The highest BCUT2D eigenvalue weighted by Crippen LogP contribution is 2.13. The Labute approximate surface area is 114 Å². The maximum atomic E-state index is 13.4. The highest BCUT2D eigenvalue weighted by atomic mass is 32.2. The largest absolute Gasteiger partial charge is 0.261 e. The molecule has 1 aromatic heterocycles. The summed E-state index contributed by atoms with van der Waals surface area (Å²) in [4.78, 5) is 3.59. The van der Waals surface area contributed by atoms with Gasteiger partial charge >= 0.3 is 0 Å². The van der Waals surface area contributed by atoms with Crippen LogP contribution in [-0.2, 0) is 10.0 Å². The van der Waals surface area contributed by atoms with E-state index in [9.17, 15) is 12.8 Å². The quantitative estimate of drug-likeness (QED) is 0.839. The summed E-state index contributed by atoms with van der Waals surface area (Å²) in [6.07, 6.45) is 3.98. The highest BCUT2D eigenvalue weighted by Gasteiger charge is 2.22. The Kier molecular flexibility index (Phi) is 5.87. The second-order valence-corrected chi connectivity index (χ2v) is 6.77. The normalized spacial score (nSPS) is 13.7. The van der Waals surface area contributed by atoms with Crippen LogP contribution in [0.2, 0.25) is 0 Å². The molecule has 1 heterocycles. The molecule has 108 valence electrons. The molecular formula is C13H21FN2O2S. The van der Waals surface area contributed by atoms with Crippen molar-refractivity contribution in [2.45, 2.75) is 51.1 Å². The van der Waals surface area contributed by atoms with Crippen molar-refractivity contribution in [3.63, 3.8) is 0 Å². The molecule has 1 rings (SSSR count). The van der Waals surface area contributed by atoms with E-state index in [-0.39, 0.29) is 6.04 Å². The zero-order chi connectivity index (χ0) is 14.5. The van der Waals surface area contributed by atoms with Gasteiger partial charge in [-0.1, -0.05) is 26.7 Å². The molecule has 0 aliphatic rings. The second kappa shape index (κ2) is 6.96. The van der Waals surface area contributed by atoms with Gasteiger partial charge in [0, 0.05) is 12.2 Å². The van der Waals surface area contributed by atoms with Crippen LogP contribution in [0.4, 0.5) is 4.39 Å².